The summed E-state index contributed by atoms with van der Waals surface area (Å²) in [5, 5.41) is 3.25. The Kier molecular flexibility index (Phi) is 4.84. The van der Waals surface area contributed by atoms with Crippen molar-refractivity contribution in [1.82, 2.24) is 13.7 Å². The van der Waals surface area contributed by atoms with E-state index in [1.54, 1.807) is 29.8 Å². The minimum Gasteiger partial charge on any atom is -0.368 e. The van der Waals surface area contributed by atoms with Crippen molar-refractivity contribution >= 4 is 21.5 Å². The van der Waals surface area contributed by atoms with Crippen molar-refractivity contribution in [3.05, 3.63) is 24.4 Å². The molecule has 2 aromatic rings. The number of anilines is 1. The molecule has 0 aliphatic heterocycles. The molecule has 1 N–H and O–H groups in total. The van der Waals surface area contributed by atoms with Gasteiger partial charge >= 0.3 is 0 Å². The van der Waals surface area contributed by atoms with Gasteiger partial charge in [0.25, 0.3) is 10.0 Å². The molecule has 116 valence electrons. The molecule has 0 bridgehead atoms. The summed E-state index contributed by atoms with van der Waals surface area (Å²) in [5.41, 5.74) is 0.621. The average molecular weight is 310 g/mol. The zero-order chi connectivity index (χ0) is 15.5. The number of rotatable bonds is 7. The molecule has 0 unspecified atom stereocenters. The molecule has 7 heteroatoms. The Morgan fingerprint density at radius 3 is 2.76 bits per heavy atom. The molecule has 2 rings (SSSR count). The van der Waals surface area contributed by atoms with Crippen LogP contribution in [-0.2, 0) is 10.0 Å². The van der Waals surface area contributed by atoms with E-state index in [1.165, 1.54) is 4.31 Å². The fourth-order valence-corrected chi connectivity index (χ4v) is 3.58. The monoisotopic (exact) mass is 310 g/mol. The molecule has 6 nitrogen and oxygen atoms in total. The second-order valence-electron chi connectivity index (χ2n) is 4.90. The second kappa shape index (κ2) is 6.44. The average Bonchev–Trinajstić information content (AvgIpc) is 2.83. The van der Waals surface area contributed by atoms with Crippen LogP contribution in [0.3, 0.4) is 0 Å². The van der Waals surface area contributed by atoms with Crippen molar-refractivity contribution in [3.8, 4) is 0 Å². The molecule has 0 amide bonds. The van der Waals surface area contributed by atoms with E-state index < -0.39 is 10.0 Å². The van der Waals surface area contributed by atoms with Crippen LogP contribution in [0.2, 0.25) is 0 Å². The molecule has 0 saturated carbocycles. The first-order chi connectivity index (χ1) is 10.0. The Morgan fingerprint density at radius 2 is 2.10 bits per heavy atom. The summed E-state index contributed by atoms with van der Waals surface area (Å²) in [5.74, 6) is 0.409. The van der Waals surface area contributed by atoms with Crippen LogP contribution in [0.4, 0.5) is 5.82 Å². The van der Waals surface area contributed by atoms with E-state index in [0.717, 1.165) is 12.8 Å². The van der Waals surface area contributed by atoms with Crippen LogP contribution in [0.15, 0.2) is 29.4 Å². The van der Waals surface area contributed by atoms with Crippen molar-refractivity contribution in [1.29, 1.82) is 0 Å². The zero-order valence-electron chi connectivity index (χ0n) is 12.7. The smallest absolute Gasteiger partial charge is 0.262 e. The third-order valence-electron chi connectivity index (χ3n) is 3.31. The topological polar surface area (TPSA) is 66.7 Å². The second-order valence-corrected chi connectivity index (χ2v) is 6.87. The quantitative estimate of drug-likeness (QED) is 0.851. The third kappa shape index (κ3) is 3.03. The molecule has 0 radical (unpaired) electrons. The van der Waals surface area contributed by atoms with Gasteiger partial charge in [-0.3, -0.25) is 4.40 Å². The molecule has 2 aromatic heterocycles. The number of pyridine rings is 1. The van der Waals surface area contributed by atoms with E-state index in [2.05, 4.69) is 10.3 Å². The first-order valence-corrected chi connectivity index (χ1v) is 8.63. The maximum atomic E-state index is 12.8. The molecule has 21 heavy (non-hydrogen) atoms. The summed E-state index contributed by atoms with van der Waals surface area (Å²) in [4.78, 5) is 4.38. The maximum absolute atomic E-state index is 12.8. The van der Waals surface area contributed by atoms with Gasteiger partial charge in [0.05, 0.1) is 0 Å². The van der Waals surface area contributed by atoms with Gasteiger partial charge in [0.2, 0.25) is 0 Å². The fraction of sp³-hybridized carbons (Fsp3) is 0.500. The highest BCUT2D eigenvalue weighted by molar-refractivity contribution is 7.89. The lowest BCUT2D eigenvalue weighted by molar-refractivity contribution is 0.456. The van der Waals surface area contributed by atoms with E-state index in [1.807, 2.05) is 19.9 Å². The predicted molar refractivity (Wildman–Crippen MR) is 84.1 cm³/mol. The van der Waals surface area contributed by atoms with Gasteiger partial charge < -0.3 is 5.32 Å². The maximum Gasteiger partial charge on any atom is 0.262 e. The third-order valence-corrected chi connectivity index (χ3v) is 5.19. The summed E-state index contributed by atoms with van der Waals surface area (Å²) in [6, 6.07) is 5.44. The highest BCUT2D eigenvalue weighted by atomic mass is 32.2. The molecule has 0 saturated heterocycles. The van der Waals surface area contributed by atoms with Crippen LogP contribution >= 0.6 is 0 Å². The lowest BCUT2D eigenvalue weighted by atomic mass is 10.3. The Morgan fingerprint density at radius 1 is 1.33 bits per heavy atom. The van der Waals surface area contributed by atoms with Crippen LogP contribution in [0.1, 0.15) is 26.7 Å². The first kappa shape index (κ1) is 15.8. The Hall–Kier alpha value is -1.60. The summed E-state index contributed by atoms with van der Waals surface area (Å²) in [7, 11) is -1.96. The van der Waals surface area contributed by atoms with Gasteiger partial charge in [-0.25, -0.2) is 13.4 Å². The molecule has 0 aromatic carbocycles. The summed E-state index contributed by atoms with van der Waals surface area (Å²) >= 11 is 0. The van der Waals surface area contributed by atoms with Crippen molar-refractivity contribution in [2.75, 3.05) is 25.5 Å². The van der Waals surface area contributed by atoms with E-state index in [0.29, 0.717) is 24.6 Å². The number of fused-ring (bicyclic) bond motifs is 1. The highest BCUT2D eigenvalue weighted by Crippen LogP contribution is 2.25. The minimum atomic E-state index is -3.58. The molecule has 0 atom stereocenters. The van der Waals surface area contributed by atoms with Gasteiger partial charge in [0.1, 0.15) is 5.65 Å². The summed E-state index contributed by atoms with van der Waals surface area (Å²) in [6.07, 6.45) is 3.51. The largest absolute Gasteiger partial charge is 0.368 e. The predicted octanol–water partition coefficient (Wildman–Crippen LogP) is 2.19. The summed E-state index contributed by atoms with van der Waals surface area (Å²) < 4.78 is 28.7. The van der Waals surface area contributed by atoms with Crippen LogP contribution < -0.4 is 5.32 Å². The SMILES string of the molecule is CCCCN(C)S(=O)(=O)c1c(NCC)nc2ccccn12. The number of nitrogens with one attached hydrogen (secondary N) is 1. The molecular formula is C14H22N4O2S. The van der Waals surface area contributed by atoms with Crippen molar-refractivity contribution in [2.24, 2.45) is 0 Å². The minimum absolute atomic E-state index is 0.207. The number of unbranched alkanes of at least 4 members (excludes halogenated alkanes) is 1. The van der Waals surface area contributed by atoms with Crippen molar-refractivity contribution < 1.29 is 8.42 Å². The van der Waals surface area contributed by atoms with E-state index >= 15 is 0 Å². The molecule has 0 aliphatic carbocycles. The van der Waals surface area contributed by atoms with Gasteiger partial charge in [-0.05, 0) is 25.5 Å². The van der Waals surface area contributed by atoms with Crippen LogP contribution in [0.25, 0.3) is 5.65 Å². The van der Waals surface area contributed by atoms with Crippen LogP contribution in [0, 0.1) is 0 Å². The van der Waals surface area contributed by atoms with Crippen molar-refractivity contribution in [2.45, 2.75) is 31.7 Å². The Labute approximate surface area is 125 Å². The van der Waals surface area contributed by atoms with Gasteiger partial charge in [-0.1, -0.05) is 19.4 Å². The van der Waals surface area contributed by atoms with Crippen molar-refractivity contribution in [3.63, 3.8) is 0 Å². The van der Waals surface area contributed by atoms with Gasteiger partial charge in [0.15, 0.2) is 10.8 Å². The Balaban J connectivity index is 2.55. The number of imidazole rings is 1. The normalized spacial score (nSPS) is 12.2. The lowest BCUT2D eigenvalue weighted by Crippen LogP contribution is -2.29. The van der Waals surface area contributed by atoms with Gasteiger partial charge in [-0.2, -0.15) is 4.31 Å². The molecule has 2 heterocycles. The highest BCUT2D eigenvalue weighted by Gasteiger charge is 2.28. The molecule has 0 aliphatic rings. The number of aromatic nitrogens is 2. The standard InChI is InChI=1S/C14H22N4O2S/c1-4-6-10-17(3)21(19,20)14-13(15-5-2)16-12-9-7-8-11-18(12)14/h7-9,11,15H,4-6,10H2,1-3H3. The summed E-state index contributed by atoms with van der Waals surface area (Å²) in [6.45, 7) is 5.08. The zero-order valence-corrected chi connectivity index (χ0v) is 13.5. The van der Waals surface area contributed by atoms with Crippen LogP contribution in [-0.4, -0.2) is 42.2 Å². The number of sulfonamides is 1. The van der Waals surface area contributed by atoms with Crippen LogP contribution in [0.5, 0.6) is 0 Å². The number of hydrogen-bond acceptors (Lipinski definition) is 4. The fourth-order valence-electron chi connectivity index (χ4n) is 2.15. The molecular weight excluding hydrogens is 288 g/mol. The van der Waals surface area contributed by atoms with Gasteiger partial charge in [-0.15, -0.1) is 0 Å². The molecule has 0 spiro atoms. The number of hydrogen-bond donors (Lipinski definition) is 1. The Bertz CT molecular complexity index is 709. The molecule has 0 fully saturated rings. The number of nitrogens with zero attached hydrogens (tertiary/aromatic N) is 3. The van der Waals surface area contributed by atoms with E-state index in [4.69, 9.17) is 0 Å². The van der Waals surface area contributed by atoms with Gasteiger partial charge in [0, 0.05) is 26.3 Å². The lowest BCUT2D eigenvalue weighted by Gasteiger charge is -2.17. The first-order valence-electron chi connectivity index (χ1n) is 7.19. The van der Waals surface area contributed by atoms with E-state index in [-0.39, 0.29) is 5.03 Å². The van der Waals surface area contributed by atoms with E-state index in [9.17, 15) is 8.42 Å².